The molecule has 0 unspecified atom stereocenters. The molecule has 4 nitrogen and oxygen atoms in total. The minimum atomic E-state index is -1.62. The van der Waals surface area contributed by atoms with Crippen LogP contribution < -0.4 is 5.73 Å². The molecule has 2 aliphatic rings. The van der Waals surface area contributed by atoms with Crippen molar-refractivity contribution in [3.8, 4) is 0 Å². The van der Waals surface area contributed by atoms with Crippen LogP contribution in [0.2, 0.25) is 0 Å². The van der Waals surface area contributed by atoms with Crippen molar-refractivity contribution in [3.63, 3.8) is 0 Å². The Balaban J connectivity index is 1.47. The second kappa shape index (κ2) is 8.28. The number of piperidine rings is 1. The fourth-order valence-electron chi connectivity index (χ4n) is 5.18. The number of hydrogen-bond acceptors (Lipinski definition) is 3. The molecule has 31 heavy (non-hydrogen) atoms. The van der Waals surface area contributed by atoms with Crippen molar-refractivity contribution >= 4 is 5.91 Å². The SMILES string of the molecule is C[C@](O)(C(=O)N1[C@@H]2CC[C@H]1C[C@H]([C@H](N)Cc1cc(F)c(F)cc1F)C2)c1ccccc1. The molecule has 2 fully saturated rings. The van der Waals surface area contributed by atoms with Gasteiger partial charge in [-0.05, 0) is 62.1 Å². The molecule has 0 aliphatic carbocycles. The van der Waals surface area contributed by atoms with Gasteiger partial charge in [-0.3, -0.25) is 4.79 Å². The highest BCUT2D eigenvalue weighted by molar-refractivity contribution is 5.86. The monoisotopic (exact) mass is 432 g/mol. The van der Waals surface area contributed by atoms with Gasteiger partial charge in [0.05, 0.1) is 0 Å². The van der Waals surface area contributed by atoms with E-state index in [2.05, 4.69) is 0 Å². The molecule has 0 radical (unpaired) electrons. The lowest BCUT2D eigenvalue weighted by molar-refractivity contribution is -0.156. The molecule has 2 saturated heterocycles. The first-order valence-electron chi connectivity index (χ1n) is 10.7. The van der Waals surface area contributed by atoms with E-state index in [0.717, 1.165) is 18.9 Å². The largest absolute Gasteiger partial charge is 0.376 e. The van der Waals surface area contributed by atoms with Gasteiger partial charge in [0.1, 0.15) is 5.82 Å². The molecular weight excluding hydrogens is 405 g/mol. The molecular formula is C24H27F3N2O2. The van der Waals surface area contributed by atoms with Gasteiger partial charge in [0.2, 0.25) is 0 Å². The average Bonchev–Trinajstić information content (AvgIpc) is 3.00. The van der Waals surface area contributed by atoms with Crippen LogP contribution in [0, 0.1) is 23.4 Å². The number of carbonyl (C=O) groups is 1. The zero-order chi connectivity index (χ0) is 22.3. The molecule has 3 N–H and O–H groups in total. The van der Waals surface area contributed by atoms with Crippen LogP contribution in [-0.4, -0.2) is 34.0 Å². The van der Waals surface area contributed by atoms with E-state index in [0.29, 0.717) is 24.5 Å². The standard InChI is InChI=1S/C24H27F3N2O2/c1-24(31,16-5-3-2-4-6-16)23(30)29-17-7-8-18(29)10-15(9-17)22(28)12-14-11-20(26)21(27)13-19(14)25/h2-6,11,13,15,17-18,22,31H,7-10,12,28H2,1H3/t15-,17-,18+,22-,24-/m1/s1. The minimum absolute atomic E-state index is 0.0238. The predicted molar refractivity (Wildman–Crippen MR) is 110 cm³/mol. The van der Waals surface area contributed by atoms with Crippen molar-refractivity contribution < 1.29 is 23.1 Å². The van der Waals surface area contributed by atoms with E-state index in [1.54, 1.807) is 29.2 Å². The molecule has 1 amide bonds. The molecule has 2 aromatic rings. The molecule has 4 rings (SSSR count). The maximum absolute atomic E-state index is 14.0. The first-order valence-corrected chi connectivity index (χ1v) is 10.7. The van der Waals surface area contributed by atoms with E-state index in [1.807, 2.05) is 6.07 Å². The molecule has 0 spiro atoms. The number of nitrogens with two attached hydrogens (primary N) is 1. The molecule has 0 saturated carbocycles. The van der Waals surface area contributed by atoms with Crippen molar-refractivity contribution in [2.45, 2.75) is 62.8 Å². The zero-order valence-electron chi connectivity index (χ0n) is 17.4. The van der Waals surface area contributed by atoms with Gasteiger partial charge < -0.3 is 15.7 Å². The molecule has 2 bridgehead atoms. The summed E-state index contributed by atoms with van der Waals surface area (Å²) in [6.45, 7) is 1.52. The van der Waals surface area contributed by atoms with Crippen LogP contribution in [0.4, 0.5) is 13.2 Å². The van der Waals surface area contributed by atoms with E-state index < -0.39 is 29.1 Å². The number of benzene rings is 2. The number of hydrogen-bond donors (Lipinski definition) is 2. The Morgan fingerprint density at radius 1 is 1.10 bits per heavy atom. The quantitative estimate of drug-likeness (QED) is 0.709. The summed E-state index contributed by atoms with van der Waals surface area (Å²) in [5.74, 6) is -3.40. The molecule has 0 aromatic heterocycles. The van der Waals surface area contributed by atoms with E-state index >= 15 is 0 Å². The number of halogens is 3. The summed E-state index contributed by atoms with van der Waals surface area (Å²) < 4.78 is 40.8. The van der Waals surface area contributed by atoms with Gasteiger partial charge >= 0.3 is 0 Å². The lowest BCUT2D eigenvalue weighted by atomic mass is 9.81. The minimum Gasteiger partial charge on any atom is -0.376 e. The van der Waals surface area contributed by atoms with E-state index in [9.17, 15) is 23.1 Å². The molecule has 2 heterocycles. The van der Waals surface area contributed by atoms with Gasteiger partial charge in [-0.15, -0.1) is 0 Å². The maximum atomic E-state index is 14.0. The van der Waals surface area contributed by atoms with Crippen LogP contribution in [-0.2, 0) is 16.8 Å². The Morgan fingerprint density at radius 2 is 1.68 bits per heavy atom. The summed E-state index contributed by atoms with van der Waals surface area (Å²) in [5.41, 5.74) is 5.34. The Morgan fingerprint density at radius 3 is 2.29 bits per heavy atom. The third kappa shape index (κ3) is 4.08. The number of carbonyl (C=O) groups excluding carboxylic acids is 1. The van der Waals surface area contributed by atoms with Gasteiger partial charge in [-0.2, -0.15) is 0 Å². The van der Waals surface area contributed by atoms with Gasteiger partial charge in [0, 0.05) is 24.2 Å². The lowest BCUT2D eigenvalue weighted by Crippen LogP contribution is -2.55. The van der Waals surface area contributed by atoms with Crippen LogP contribution in [0.3, 0.4) is 0 Å². The number of nitrogens with zero attached hydrogens (tertiary/aromatic N) is 1. The van der Waals surface area contributed by atoms with Crippen LogP contribution in [0.1, 0.15) is 43.7 Å². The Labute approximate surface area is 179 Å². The average molecular weight is 432 g/mol. The smallest absolute Gasteiger partial charge is 0.259 e. The second-order valence-electron chi connectivity index (χ2n) is 8.99. The molecule has 166 valence electrons. The Kier molecular flexibility index (Phi) is 5.83. The van der Waals surface area contributed by atoms with Crippen molar-refractivity contribution in [2.24, 2.45) is 11.7 Å². The zero-order valence-corrected chi connectivity index (χ0v) is 17.4. The van der Waals surface area contributed by atoms with Crippen molar-refractivity contribution in [1.82, 2.24) is 4.90 Å². The molecule has 2 aromatic carbocycles. The number of amides is 1. The summed E-state index contributed by atoms with van der Waals surface area (Å²) in [7, 11) is 0. The Bertz CT molecular complexity index is 953. The summed E-state index contributed by atoms with van der Waals surface area (Å²) in [4.78, 5) is 15.1. The van der Waals surface area contributed by atoms with Gasteiger partial charge in [-0.1, -0.05) is 30.3 Å². The number of fused-ring (bicyclic) bond motifs is 2. The highest BCUT2D eigenvalue weighted by atomic mass is 19.2. The third-order valence-electron chi connectivity index (χ3n) is 6.91. The summed E-state index contributed by atoms with van der Waals surface area (Å²) in [6, 6.07) is 9.76. The molecule has 5 atom stereocenters. The number of rotatable bonds is 5. The first-order chi connectivity index (χ1) is 14.7. The highest BCUT2D eigenvalue weighted by Crippen LogP contribution is 2.42. The van der Waals surface area contributed by atoms with Crippen molar-refractivity contribution in [2.75, 3.05) is 0 Å². The van der Waals surface area contributed by atoms with E-state index in [4.69, 9.17) is 5.73 Å². The van der Waals surface area contributed by atoms with Crippen LogP contribution >= 0.6 is 0 Å². The Hall–Kier alpha value is -2.38. The molecule has 7 heteroatoms. The summed E-state index contributed by atoms with van der Waals surface area (Å²) in [6.07, 6.45) is 3.02. The topological polar surface area (TPSA) is 66.6 Å². The van der Waals surface area contributed by atoms with Gasteiger partial charge in [0.25, 0.3) is 5.91 Å². The second-order valence-corrected chi connectivity index (χ2v) is 8.99. The van der Waals surface area contributed by atoms with Gasteiger partial charge in [-0.25, -0.2) is 13.2 Å². The first kappa shape index (κ1) is 21.8. The molecule has 2 aliphatic heterocycles. The normalized spacial score (nSPS) is 25.9. The highest BCUT2D eigenvalue weighted by Gasteiger charge is 2.49. The maximum Gasteiger partial charge on any atom is 0.259 e. The van der Waals surface area contributed by atoms with E-state index in [-0.39, 0.29) is 35.9 Å². The fourth-order valence-corrected chi connectivity index (χ4v) is 5.18. The van der Waals surface area contributed by atoms with Gasteiger partial charge in [0.15, 0.2) is 17.2 Å². The van der Waals surface area contributed by atoms with Crippen LogP contribution in [0.25, 0.3) is 0 Å². The summed E-state index contributed by atoms with van der Waals surface area (Å²) in [5, 5.41) is 11.0. The predicted octanol–water partition coefficient (Wildman–Crippen LogP) is 3.65. The fraction of sp³-hybridized carbons (Fsp3) is 0.458. The van der Waals surface area contributed by atoms with Crippen molar-refractivity contribution in [1.29, 1.82) is 0 Å². The van der Waals surface area contributed by atoms with E-state index in [1.165, 1.54) is 6.92 Å². The third-order valence-corrected chi connectivity index (χ3v) is 6.91. The van der Waals surface area contributed by atoms with Crippen molar-refractivity contribution in [3.05, 3.63) is 71.0 Å². The summed E-state index contributed by atoms with van der Waals surface area (Å²) >= 11 is 0. The lowest BCUT2D eigenvalue weighted by Gasteiger charge is -2.43. The number of aliphatic hydroxyl groups is 1. The van der Waals surface area contributed by atoms with Crippen LogP contribution in [0.15, 0.2) is 42.5 Å². The van der Waals surface area contributed by atoms with Crippen LogP contribution in [0.5, 0.6) is 0 Å².